The summed E-state index contributed by atoms with van der Waals surface area (Å²) < 4.78 is 5.40. The van der Waals surface area contributed by atoms with Crippen LogP contribution in [0, 0.1) is 0 Å². The minimum Gasteiger partial charge on any atom is -0.496 e. The molecule has 31 heavy (non-hydrogen) atoms. The Labute approximate surface area is 189 Å². The summed E-state index contributed by atoms with van der Waals surface area (Å²) in [6.07, 6.45) is 2.10. The van der Waals surface area contributed by atoms with E-state index in [9.17, 15) is 15.0 Å². The van der Waals surface area contributed by atoms with Gasteiger partial charge in [-0.3, -0.25) is 4.79 Å². The molecule has 2 aromatic carbocycles. The highest BCUT2D eigenvalue weighted by Gasteiger charge is 2.36. The molecule has 168 valence electrons. The van der Waals surface area contributed by atoms with Crippen LogP contribution in [0.3, 0.4) is 0 Å². The van der Waals surface area contributed by atoms with E-state index in [1.165, 1.54) is 11.1 Å². The number of carbonyl (C=O) groups excluding carboxylic acids is 1. The van der Waals surface area contributed by atoms with E-state index in [4.69, 9.17) is 16.3 Å². The Bertz CT molecular complexity index is 938. The zero-order valence-corrected chi connectivity index (χ0v) is 19.4. The van der Waals surface area contributed by atoms with Crippen molar-refractivity contribution < 1.29 is 19.7 Å². The number of rotatable bonds is 7. The minimum atomic E-state index is -0.741. The lowest BCUT2D eigenvalue weighted by atomic mass is 9.83. The van der Waals surface area contributed by atoms with Crippen molar-refractivity contribution in [3.63, 3.8) is 0 Å². The SMILES string of the molecule is COc1cccc(Cl)c1CC(=O)N1[C@@H](CO)Cc2c(CCC(C)(C)O)cccc2[C@@H]1C. The predicted octanol–water partition coefficient (Wildman–Crippen LogP) is 4.10. The molecule has 2 atom stereocenters. The molecular weight excluding hydrogens is 414 g/mol. The molecule has 0 saturated carbocycles. The molecule has 0 saturated heterocycles. The monoisotopic (exact) mass is 445 g/mol. The highest BCUT2D eigenvalue weighted by Crippen LogP contribution is 2.37. The largest absolute Gasteiger partial charge is 0.496 e. The number of ether oxygens (including phenoxy) is 1. The number of amides is 1. The fourth-order valence-corrected chi connectivity index (χ4v) is 4.72. The van der Waals surface area contributed by atoms with Crippen LogP contribution in [0.1, 0.15) is 55.5 Å². The van der Waals surface area contributed by atoms with Crippen LogP contribution in [0.2, 0.25) is 5.02 Å². The first kappa shape index (κ1) is 23.6. The molecule has 1 aliphatic rings. The summed E-state index contributed by atoms with van der Waals surface area (Å²) >= 11 is 6.35. The maximum atomic E-state index is 13.4. The first-order chi connectivity index (χ1) is 14.7. The summed E-state index contributed by atoms with van der Waals surface area (Å²) in [7, 11) is 1.56. The molecular formula is C25H32ClNO4. The second-order valence-electron chi connectivity index (χ2n) is 8.91. The van der Waals surface area contributed by atoms with E-state index in [1.54, 1.807) is 30.2 Å². The van der Waals surface area contributed by atoms with Crippen molar-refractivity contribution in [2.45, 2.75) is 64.1 Å². The second kappa shape index (κ2) is 9.60. The van der Waals surface area contributed by atoms with Gasteiger partial charge in [-0.05, 0) is 68.9 Å². The average Bonchev–Trinajstić information content (AvgIpc) is 2.72. The zero-order valence-electron chi connectivity index (χ0n) is 18.7. The van der Waals surface area contributed by atoms with E-state index in [-0.39, 0.29) is 31.0 Å². The Kier molecular flexibility index (Phi) is 7.30. The van der Waals surface area contributed by atoms with Gasteiger partial charge in [0, 0.05) is 10.6 Å². The summed E-state index contributed by atoms with van der Waals surface area (Å²) in [5.74, 6) is 0.492. The summed E-state index contributed by atoms with van der Waals surface area (Å²) in [6.45, 7) is 5.51. The Morgan fingerprint density at radius 3 is 2.61 bits per heavy atom. The van der Waals surface area contributed by atoms with E-state index in [2.05, 4.69) is 12.1 Å². The molecule has 6 heteroatoms. The minimum absolute atomic E-state index is 0.0921. The van der Waals surface area contributed by atoms with Gasteiger partial charge in [0.1, 0.15) is 5.75 Å². The summed E-state index contributed by atoms with van der Waals surface area (Å²) in [5, 5.41) is 20.8. The van der Waals surface area contributed by atoms with Crippen LogP contribution in [0.5, 0.6) is 5.75 Å². The molecule has 0 bridgehead atoms. The van der Waals surface area contributed by atoms with Crippen molar-refractivity contribution in [3.05, 3.63) is 63.7 Å². The molecule has 5 nitrogen and oxygen atoms in total. The van der Waals surface area contributed by atoms with Crippen molar-refractivity contribution in [3.8, 4) is 5.75 Å². The van der Waals surface area contributed by atoms with Crippen molar-refractivity contribution in [2.24, 2.45) is 0 Å². The number of aryl methyl sites for hydroxylation is 1. The topological polar surface area (TPSA) is 70.0 Å². The molecule has 0 aliphatic carbocycles. The van der Waals surface area contributed by atoms with E-state index in [0.29, 0.717) is 29.2 Å². The average molecular weight is 446 g/mol. The van der Waals surface area contributed by atoms with Gasteiger partial charge in [0.05, 0.1) is 37.8 Å². The van der Waals surface area contributed by atoms with Crippen LogP contribution in [0.4, 0.5) is 0 Å². The lowest BCUT2D eigenvalue weighted by molar-refractivity contribution is -0.137. The summed E-state index contributed by atoms with van der Waals surface area (Å²) in [6, 6.07) is 11.0. The van der Waals surface area contributed by atoms with Crippen molar-refractivity contribution in [1.82, 2.24) is 4.90 Å². The highest BCUT2D eigenvalue weighted by molar-refractivity contribution is 6.31. The van der Waals surface area contributed by atoms with Crippen molar-refractivity contribution in [2.75, 3.05) is 13.7 Å². The Balaban J connectivity index is 1.90. The lowest BCUT2D eigenvalue weighted by Crippen LogP contribution is -2.49. The quantitative estimate of drug-likeness (QED) is 0.673. The molecule has 1 heterocycles. The molecule has 2 aromatic rings. The third-order valence-electron chi connectivity index (χ3n) is 6.14. The van der Waals surface area contributed by atoms with Gasteiger partial charge in [0.2, 0.25) is 5.91 Å². The number of fused-ring (bicyclic) bond motifs is 1. The third-order valence-corrected chi connectivity index (χ3v) is 6.49. The van der Waals surface area contributed by atoms with Gasteiger partial charge in [-0.25, -0.2) is 0 Å². The Morgan fingerprint density at radius 1 is 1.26 bits per heavy atom. The van der Waals surface area contributed by atoms with Gasteiger partial charge in [-0.2, -0.15) is 0 Å². The number of hydrogen-bond donors (Lipinski definition) is 2. The number of methoxy groups -OCH3 is 1. The number of benzene rings is 2. The molecule has 3 rings (SSSR count). The maximum Gasteiger partial charge on any atom is 0.228 e. The molecule has 1 amide bonds. The molecule has 0 radical (unpaired) electrons. The van der Waals surface area contributed by atoms with Gasteiger partial charge < -0.3 is 19.8 Å². The van der Waals surface area contributed by atoms with E-state index < -0.39 is 5.60 Å². The Hall–Kier alpha value is -2.08. The number of aliphatic hydroxyl groups is 2. The van der Waals surface area contributed by atoms with Gasteiger partial charge >= 0.3 is 0 Å². The van der Waals surface area contributed by atoms with E-state index in [0.717, 1.165) is 12.0 Å². The van der Waals surface area contributed by atoms with Gasteiger partial charge in [0.25, 0.3) is 0 Å². The van der Waals surface area contributed by atoms with Crippen molar-refractivity contribution in [1.29, 1.82) is 0 Å². The van der Waals surface area contributed by atoms with Crippen LogP contribution in [-0.2, 0) is 24.1 Å². The molecule has 0 spiro atoms. The number of nitrogens with zero attached hydrogens (tertiary/aromatic N) is 1. The number of carbonyl (C=O) groups is 1. The van der Waals surface area contributed by atoms with Crippen LogP contribution >= 0.6 is 11.6 Å². The molecule has 0 aromatic heterocycles. The molecule has 0 fully saturated rings. The van der Waals surface area contributed by atoms with E-state index in [1.807, 2.05) is 26.8 Å². The standard InChI is InChI=1S/C25H32ClNO4/c1-16-19-8-5-7-17(11-12-25(2,3)30)20(19)13-18(15-28)27(16)24(29)14-21-22(26)9-6-10-23(21)31-4/h5-10,16,18,28,30H,11-15H2,1-4H3/t16-,18+/m0/s1. The number of aliphatic hydroxyl groups excluding tert-OH is 1. The van der Waals surface area contributed by atoms with Gasteiger partial charge in [-0.1, -0.05) is 35.9 Å². The predicted molar refractivity (Wildman–Crippen MR) is 123 cm³/mol. The van der Waals surface area contributed by atoms with Crippen LogP contribution < -0.4 is 4.74 Å². The summed E-state index contributed by atoms with van der Waals surface area (Å²) in [5.41, 5.74) is 3.36. The second-order valence-corrected chi connectivity index (χ2v) is 9.32. The fourth-order valence-electron chi connectivity index (χ4n) is 4.49. The lowest BCUT2D eigenvalue weighted by Gasteiger charge is -2.42. The third kappa shape index (κ3) is 5.22. The first-order valence-corrected chi connectivity index (χ1v) is 11.1. The molecule has 0 unspecified atom stereocenters. The van der Waals surface area contributed by atoms with E-state index >= 15 is 0 Å². The number of halogens is 1. The molecule has 1 aliphatic heterocycles. The molecule has 2 N–H and O–H groups in total. The number of hydrogen-bond acceptors (Lipinski definition) is 4. The first-order valence-electron chi connectivity index (χ1n) is 10.7. The van der Waals surface area contributed by atoms with Crippen molar-refractivity contribution >= 4 is 17.5 Å². The fraction of sp³-hybridized carbons (Fsp3) is 0.480. The maximum absolute atomic E-state index is 13.4. The zero-order chi connectivity index (χ0) is 22.8. The van der Waals surface area contributed by atoms with Gasteiger partial charge in [0.15, 0.2) is 0 Å². The summed E-state index contributed by atoms with van der Waals surface area (Å²) in [4.78, 5) is 15.2. The van der Waals surface area contributed by atoms with Gasteiger partial charge in [-0.15, -0.1) is 0 Å². The highest BCUT2D eigenvalue weighted by atomic mass is 35.5. The smallest absolute Gasteiger partial charge is 0.228 e. The normalized spacial score (nSPS) is 18.6. The van der Waals surface area contributed by atoms with Crippen LogP contribution in [-0.4, -0.2) is 46.4 Å². The van der Waals surface area contributed by atoms with Crippen LogP contribution in [0.25, 0.3) is 0 Å². The Morgan fingerprint density at radius 2 is 1.97 bits per heavy atom. The van der Waals surface area contributed by atoms with Crippen LogP contribution in [0.15, 0.2) is 36.4 Å².